The van der Waals surface area contributed by atoms with Crippen molar-refractivity contribution in [2.75, 3.05) is 13.2 Å². The van der Waals surface area contributed by atoms with Gasteiger partial charge in [0.2, 0.25) is 0 Å². The Morgan fingerprint density at radius 2 is 1.71 bits per heavy atom. The average molecular weight is 231 g/mol. The maximum Gasteiger partial charge on any atom is 0.469 e. The van der Waals surface area contributed by atoms with E-state index in [1.54, 1.807) is 0 Å². The molecule has 8 nitrogen and oxygen atoms in total. The molecule has 0 aliphatic heterocycles. The molecular formula is C5H14NO7P. The van der Waals surface area contributed by atoms with Gasteiger partial charge in [-0.15, -0.1) is 0 Å². The molecular weight excluding hydrogens is 217 g/mol. The number of aliphatic hydroxyl groups is 3. The summed E-state index contributed by atoms with van der Waals surface area (Å²) in [7, 11) is -4.68. The van der Waals surface area contributed by atoms with Gasteiger partial charge in [0.1, 0.15) is 12.2 Å². The van der Waals surface area contributed by atoms with Gasteiger partial charge in [0.15, 0.2) is 0 Å². The van der Waals surface area contributed by atoms with Crippen LogP contribution in [0.15, 0.2) is 0 Å². The third-order valence-corrected chi connectivity index (χ3v) is 1.93. The molecule has 0 fully saturated rings. The first kappa shape index (κ1) is 13.9. The van der Waals surface area contributed by atoms with Crippen molar-refractivity contribution in [3.8, 4) is 0 Å². The topological polar surface area (TPSA) is 153 Å². The summed E-state index contributed by atoms with van der Waals surface area (Å²) in [4.78, 5) is 16.5. The Hall–Kier alpha value is -0.0500. The smallest absolute Gasteiger partial charge is 0.389 e. The average Bonchev–Trinajstić information content (AvgIpc) is 2.10. The molecule has 0 bridgehead atoms. The molecule has 0 rings (SSSR count). The second-order valence-electron chi connectivity index (χ2n) is 2.65. The van der Waals surface area contributed by atoms with E-state index in [1.807, 2.05) is 0 Å². The standard InChI is InChI=1S/C5H14NO7P/c6-1-3(7)5(9)4(8)2-13-14(10,11)12/h3-5,7-9H,1-2,6H2,(H2,10,11,12)/t3-,4-,5+/m1/s1. The molecule has 0 aromatic carbocycles. The Morgan fingerprint density at radius 1 is 1.21 bits per heavy atom. The first-order chi connectivity index (χ1) is 6.28. The van der Waals surface area contributed by atoms with Crippen LogP contribution in [0.5, 0.6) is 0 Å². The maximum absolute atomic E-state index is 10.2. The van der Waals surface area contributed by atoms with Crippen molar-refractivity contribution in [3.05, 3.63) is 0 Å². The van der Waals surface area contributed by atoms with E-state index in [0.29, 0.717) is 0 Å². The number of hydrogen-bond donors (Lipinski definition) is 6. The second-order valence-corrected chi connectivity index (χ2v) is 3.89. The number of nitrogens with two attached hydrogens (primary N) is 1. The van der Waals surface area contributed by atoms with Gasteiger partial charge in [0.25, 0.3) is 0 Å². The van der Waals surface area contributed by atoms with E-state index in [9.17, 15) is 4.57 Å². The highest BCUT2D eigenvalue weighted by atomic mass is 31.2. The SMILES string of the molecule is NC[C@@H](O)[C@H](O)[C@H](O)COP(=O)(O)O. The molecule has 9 heteroatoms. The van der Waals surface area contributed by atoms with Gasteiger partial charge in [-0.3, -0.25) is 4.52 Å². The Labute approximate surface area is 80.2 Å². The summed E-state index contributed by atoms with van der Waals surface area (Å²) in [6.45, 7) is -1.07. The highest BCUT2D eigenvalue weighted by Crippen LogP contribution is 2.35. The third kappa shape index (κ3) is 5.63. The minimum Gasteiger partial charge on any atom is -0.389 e. The molecule has 0 heterocycles. The Balaban J connectivity index is 3.96. The van der Waals surface area contributed by atoms with E-state index < -0.39 is 32.7 Å². The fraction of sp³-hybridized carbons (Fsp3) is 1.00. The van der Waals surface area contributed by atoms with Crippen molar-refractivity contribution in [2.24, 2.45) is 5.73 Å². The molecule has 0 saturated heterocycles. The lowest BCUT2D eigenvalue weighted by Crippen LogP contribution is -2.43. The molecule has 0 aliphatic carbocycles. The largest absolute Gasteiger partial charge is 0.469 e. The Morgan fingerprint density at radius 3 is 2.07 bits per heavy atom. The molecule has 0 aromatic rings. The van der Waals surface area contributed by atoms with Crippen LogP contribution in [-0.4, -0.2) is 56.6 Å². The van der Waals surface area contributed by atoms with E-state index in [-0.39, 0.29) is 6.54 Å². The van der Waals surface area contributed by atoms with E-state index in [4.69, 9.17) is 30.8 Å². The maximum atomic E-state index is 10.2. The monoisotopic (exact) mass is 231 g/mol. The lowest BCUT2D eigenvalue weighted by atomic mass is 10.1. The molecule has 86 valence electrons. The first-order valence-electron chi connectivity index (χ1n) is 3.72. The summed E-state index contributed by atoms with van der Waals surface area (Å²) < 4.78 is 14.1. The lowest BCUT2D eigenvalue weighted by Gasteiger charge is -2.21. The molecule has 0 spiro atoms. The van der Waals surface area contributed by atoms with Crippen LogP contribution in [0.1, 0.15) is 0 Å². The first-order valence-corrected chi connectivity index (χ1v) is 5.25. The molecule has 0 unspecified atom stereocenters. The highest BCUT2D eigenvalue weighted by Gasteiger charge is 2.26. The molecule has 0 radical (unpaired) electrons. The van der Waals surface area contributed by atoms with Crippen molar-refractivity contribution in [3.63, 3.8) is 0 Å². The summed E-state index contributed by atoms with van der Waals surface area (Å²) >= 11 is 0. The van der Waals surface area contributed by atoms with Gasteiger partial charge in [-0.2, -0.15) is 0 Å². The van der Waals surface area contributed by atoms with Gasteiger partial charge < -0.3 is 30.8 Å². The van der Waals surface area contributed by atoms with Gasteiger partial charge in [-0.1, -0.05) is 0 Å². The Kier molecular flexibility index (Phi) is 5.72. The number of phosphoric acid groups is 1. The van der Waals surface area contributed by atoms with Gasteiger partial charge in [-0.05, 0) is 0 Å². The van der Waals surface area contributed by atoms with Crippen LogP contribution in [0.4, 0.5) is 0 Å². The van der Waals surface area contributed by atoms with E-state index in [0.717, 1.165) is 0 Å². The van der Waals surface area contributed by atoms with Crippen LogP contribution in [-0.2, 0) is 9.09 Å². The van der Waals surface area contributed by atoms with Crippen LogP contribution in [0.3, 0.4) is 0 Å². The zero-order valence-electron chi connectivity index (χ0n) is 7.22. The number of hydrogen-bond acceptors (Lipinski definition) is 6. The molecule has 0 amide bonds. The van der Waals surface area contributed by atoms with Gasteiger partial charge in [-0.25, -0.2) is 4.57 Å². The minimum atomic E-state index is -4.68. The van der Waals surface area contributed by atoms with Crippen LogP contribution >= 0.6 is 7.82 Å². The predicted octanol–water partition coefficient (Wildman–Crippen LogP) is -2.86. The number of phosphoric ester groups is 1. The zero-order chi connectivity index (χ0) is 11.4. The number of aliphatic hydroxyl groups excluding tert-OH is 3. The van der Waals surface area contributed by atoms with Crippen molar-refractivity contribution >= 4 is 7.82 Å². The fourth-order valence-corrected chi connectivity index (χ4v) is 1.01. The summed E-state index contributed by atoms with van der Waals surface area (Å²) in [6.07, 6.45) is -4.59. The number of rotatable bonds is 6. The fourth-order valence-electron chi connectivity index (χ4n) is 0.668. The second kappa shape index (κ2) is 5.74. The van der Waals surface area contributed by atoms with Crippen molar-refractivity contribution < 1.29 is 34.2 Å². The summed E-state index contributed by atoms with van der Waals surface area (Å²) in [6, 6.07) is 0. The van der Waals surface area contributed by atoms with E-state index >= 15 is 0 Å². The summed E-state index contributed by atoms with van der Waals surface area (Å²) in [5, 5.41) is 27.1. The molecule has 7 N–H and O–H groups in total. The van der Waals surface area contributed by atoms with Crippen molar-refractivity contribution in [1.82, 2.24) is 0 Å². The van der Waals surface area contributed by atoms with Crippen molar-refractivity contribution in [1.29, 1.82) is 0 Å². The lowest BCUT2D eigenvalue weighted by molar-refractivity contribution is -0.0717. The third-order valence-electron chi connectivity index (χ3n) is 1.44. The summed E-state index contributed by atoms with van der Waals surface area (Å²) in [5.41, 5.74) is 4.98. The minimum absolute atomic E-state index is 0.284. The van der Waals surface area contributed by atoms with Gasteiger partial charge in [0, 0.05) is 6.54 Å². The van der Waals surface area contributed by atoms with Crippen molar-refractivity contribution in [2.45, 2.75) is 18.3 Å². The van der Waals surface area contributed by atoms with Crippen LogP contribution in [0, 0.1) is 0 Å². The van der Waals surface area contributed by atoms with Gasteiger partial charge >= 0.3 is 7.82 Å². The molecule has 0 saturated carbocycles. The van der Waals surface area contributed by atoms with Crippen LogP contribution < -0.4 is 5.73 Å². The highest BCUT2D eigenvalue weighted by molar-refractivity contribution is 7.46. The van der Waals surface area contributed by atoms with E-state index in [1.165, 1.54) is 0 Å². The molecule has 0 aliphatic rings. The quantitative estimate of drug-likeness (QED) is 0.267. The van der Waals surface area contributed by atoms with Crippen LogP contribution in [0.2, 0.25) is 0 Å². The van der Waals surface area contributed by atoms with Gasteiger partial charge in [0.05, 0.1) is 12.7 Å². The zero-order valence-corrected chi connectivity index (χ0v) is 8.12. The summed E-state index contributed by atoms with van der Waals surface area (Å²) in [5.74, 6) is 0. The normalized spacial score (nSPS) is 19.0. The predicted molar refractivity (Wildman–Crippen MR) is 45.1 cm³/mol. The molecule has 3 atom stereocenters. The molecule has 14 heavy (non-hydrogen) atoms. The van der Waals surface area contributed by atoms with E-state index in [2.05, 4.69) is 4.52 Å². The Bertz CT molecular complexity index is 206. The van der Waals surface area contributed by atoms with Crippen LogP contribution in [0.25, 0.3) is 0 Å². The molecule has 0 aromatic heterocycles.